The fourth-order valence-corrected chi connectivity index (χ4v) is 1.66. The Kier molecular flexibility index (Phi) is 6.62. The molecular weight excluding hydrogens is 339 g/mol. The van der Waals surface area contributed by atoms with Crippen molar-refractivity contribution in [3.05, 3.63) is 22.8 Å². The van der Waals surface area contributed by atoms with Gasteiger partial charge in [0.15, 0.2) is 6.61 Å². The monoisotopic (exact) mass is 353 g/mol. The van der Waals surface area contributed by atoms with Crippen LogP contribution in [0.3, 0.4) is 0 Å². The van der Waals surface area contributed by atoms with Gasteiger partial charge in [-0.3, -0.25) is 9.59 Å². The first-order valence-electron chi connectivity index (χ1n) is 6.51. The second-order valence-corrected chi connectivity index (χ2v) is 5.23. The maximum absolute atomic E-state index is 12.0. The number of pyridine rings is 1. The molecule has 0 aliphatic rings. The quantitative estimate of drug-likeness (QED) is 0.819. The minimum atomic E-state index is -4.52. The van der Waals surface area contributed by atoms with Crippen LogP contribution in [0, 0.1) is 0 Å². The van der Waals surface area contributed by atoms with Gasteiger partial charge in [-0.1, -0.05) is 11.6 Å². The number of alkyl halides is 3. The lowest BCUT2D eigenvalue weighted by molar-refractivity contribution is -0.154. The smallest absolute Gasteiger partial charge is 0.422 e. The van der Waals surface area contributed by atoms with Crippen LogP contribution >= 0.6 is 11.6 Å². The van der Waals surface area contributed by atoms with Gasteiger partial charge in [0.1, 0.15) is 5.02 Å². The number of nitrogens with one attached hydrogen (secondary N) is 2. The van der Waals surface area contributed by atoms with Gasteiger partial charge in [0.2, 0.25) is 11.8 Å². The number of hydrogen-bond donors (Lipinski definition) is 2. The van der Waals surface area contributed by atoms with E-state index in [4.69, 9.17) is 11.6 Å². The van der Waals surface area contributed by atoms with E-state index in [0.717, 1.165) is 12.3 Å². The van der Waals surface area contributed by atoms with Crippen molar-refractivity contribution in [2.75, 3.05) is 13.2 Å². The van der Waals surface area contributed by atoms with Crippen LogP contribution in [0.15, 0.2) is 12.3 Å². The zero-order chi connectivity index (χ0) is 17.6. The Morgan fingerprint density at radius 3 is 2.57 bits per heavy atom. The summed E-state index contributed by atoms with van der Waals surface area (Å²) in [6, 6.07) is 1.04. The van der Waals surface area contributed by atoms with Gasteiger partial charge < -0.3 is 15.4 Å². The second-order valence-electron chi connectivity index (χ2n) is 4.82. The normalized spacial score (nSPS) is 11.3. The molecule has 1 aromatic rings. The molecule has 0 aliphatic heterocycles. The van der Waals surface area contributed by atoms with Crippen molar-refractivity contribution in [3.8, 4) is 5.88 Å². The van der Waals surface area contributed by atoms with E-state index in [2.05, 4.69) is 20.4 Å². The van der Waals surface area contributed by atoms with Crippen LogP contribution in [0.4, 0.5) is 13.2 Å². The second kappa shape index (κ2) is 8.00. The first kappa shape index (κ1) is 19.0. The molecule has 6 nitrogen and oxygen atoms in total. The highest BCUT2D eigenvalue weighted by Crippen LogP contribution is 2.24. The first-order valence-corrected chi connectivity index (χ1v) is 6.89. The maximum atomic E-state index is 12.0. The molecule has 0 bridgehead atoms. The summed E-state index contributed by atoms with van der Waals surface area (Å²) >= 11 is 5.72. The van der Waals surface area contributed by atoms with Crippen molar-refractivity contribution in [1.29, 1.82) is 0 Å². The molecule has 0 saturated carbocycles. The lowest BCUT2D eigenvalue weighted by atomic mass is 10.2. The predicted molar refractivity (Wildman–Crippen MR) is 76.4 cm³/mol. The number of halogens is 4. The molecule has 0 atom stereocenters. The van der Waals surface area contributed by atoms with E-state index in [-0.39, 0.29) is 29.1 Å². The third kappa shape index (κ3) is 7.18. The van der Waals surface area contributed by atoms with Crippen molar-refractivity contribution >= 4 is 23.4 Å². The van der Waals surface area contributed by atoms with Crippen LogP contribution in [0.2, 0.25) is 5.02 Å². The lowest BCUT2D eigenvalue weighted by Crippen LogP contribution is -2.39. The van der Waals surface area contributed by atoms with E-state index in [1.165, 1.54) is 0 Å². The Balaban J connectivity index is 2.62. The van der Waals surface area contributed by atoms with Gasteiger partial charge >= 0.3 is 6.18 Å². The van der Waals surface area contributed by atoms with E-state index in [0.29, 0.717) is 0 Å². The van der Waals surface area contributed by atoms with Crippen LogP contribution in [0.25, 0.3) is 0 Å². The van der Waals surface area contributed by atoms with E-state index in [9.17, 15) is 22.8 Å². The summed E-state index contributed by atoms with van der Waals surface area (Å²) in [6.45, 7) is 1.74. The summed E-state index contributed by atoms with van der Waals surface area (Å²) in [5.41, 5.74) is -0.00768. The van der Waals surface area contributed by atoms with Crippen LogP contribution in [-0.2, 0) is 4.79 Å². The molecule has 1 heterocycles. The predicted octanol–water partition coefficient (Wildman–Crippen LogP) is 1.93. The van der Waals surface area contributed by atoms with Crippen molar-refractivity contribution in [3.63, 3.8) is 0 Å². The number of nitrogens with zero attached hydrogens (tertiary/aromatic N) is 1. The highest BCUT2D eigenvalue weighted by atomic mass is 35.5. The van der Waals surface area contributed by atoms with Crippen molar-refractivity contribution in [2.24, 2.45) is 0 Å². The van der Waals surface area contributed by atoms with Crippen LogP contribution in [0.5, 0.6) is 5.88 Å². The molecule has 1 aromatic heterocycles. The summed E-state index contributed by atoms with van der Waals surface area (Å²) in [4.78, 5) is 26.8. The summed E-state index contributed by atoms with van der Waals surface area (Å²) in [7, 11) is 0. The number of aromatic nitrogens is 1. The molecule has 128 valence electrons. The average Bonchev–Trinajstić information content (AvgIpc) is 2.41. The van der Waals surface area contributed by atoms with Crippen molar-refractivity contribution in [2.45, 2.75) is 26.1 Å². The summed E-state index contributed by atoms with van der Waals surface area (Å²) in [5.74, 6) is -1.45. The third-order valence-electron chi connectivity index (χ3n) is 2.30. The van der Waals surface area contributed by atoms with E-state index < -0.39 is 24.6 Å². The molecule has 0 unspecified atom stereocenters. The Morgan fingerprint density at radius 2 is 2.04 bits per heavy atom. The molecule has 0 saturated heterocycles. The molecule has 10 heteroatoms. The zero-order valence-electron chi connectivity index (χ0n) is 12.3. The summed E-state index contributed by atoms with van der Waals surface area (Å²) < 4.78 is 40.6. The molecule has 23 heavy (non-hydrogen) atoms. The molecular formula is C13H15ClF3N3O3. The maximum Gasteiger partial charge on any atom is 0.422 e. The highest BCUT2D eigenvalue weighted by Gasteiger charge is 2.29. The van der Waals surface area contributed by atoms with Crippen molar-refractivity contribution < 1.29 is 27.5 Å². The van der Waals surface area contributed by atoms with Gasteiger partial charge in [-0.2, -0.15) is 13.2 Å². The number of ether oxygens (including phenoxy) is 1. The van der Waals surface area contributed by atoms with Crippen LogP contribution < -0.4 is 15.4 Å². The Bertz CT molecular complexity index is 579. The Morgan fingerprint density at radius 1 is 1.39 bits per heavy atom. The number of carbonyl (C=O) groups is 2. The summed E-state index contributed by atoms with van der Waals surface area (Å²) in [6.07, 6.45) is -3.52. The summed E-state index contributed by atoms with van der Waals surface area (Å²) in [5, 5.41) is 4.67. The molecule has 0 radical (unpaired) electrons. The minimum absolute atomic E-state index is 0.00768. The molecule has 0 aromatic carbocycles. The van der Waals surface area contributed by atoms with Crippen LogP contribution in [-0.4, -0.2) is 42.2 Å². The van der Waals surface area contributed by atoms with Gasteiger partial charge in [0.05, 0.1) is 12.1 Å². The largest absolute Gasteiger partial charge is 0.467 e. The lowest BCUT2D eigenvalue weighted by Gasteiger charge is -2.11. The topological polar surface area (TPSA) is 80.3 Å². The number of hydrogen-bond acceptors (Lipinski definition) is 4. The van der Waals surface area contributed by atoms with E-state index in [1.807, 2.05) is 0 Å². The zero-order valence-corrected chi connectivity index (χ0v) is 13.1. The number of carbonyl (C=O) groups excluding carboxylic acids is 2. The van der Waals surface area contributed by atoms with Gasteiger partial charge in [-0.05, 0) is 19.9 Å². The first-order chi connectivity index (χ1) is 10.6. The van der Waals surface area contributed by atoms with Gasteiger partial charge in [0, 0.05) is 12.2 Å². The molecule has 1 rings (SSSR count). The van der Waals surface area contributed by atoms with E-state index in [1.54, 1.807) is 13.8 Å². The Hall–Kier alpha value is -2.03. The SMILES string of the molecule is CC(C)NC(=O)CNC(=O)c1cnc(OCC(F)(F)F)c(Cl)c1. The molecule has 2 N–H and O–H groups in total. The van der Waals surface area contributed by atoms with Gasteiger partial charge in [0.25, 0.3) is 5.91 Å². The minimum Gasteiger partial charge on any atom is -0.467 e. The molecule has 0 aliphatic carbocycles. The van der Waals surface area contributed by atoms with Crippen molar-refractivity contribution in [1.82, 2.24) is 15.6 Å². The highest BCUT2D eigenvalue weighted by molar-refractivity contribution is 6.32. The van der Waals surface area contributed by atoms with Gasteiger partial charge in [-0.25, -0.2) is 4.98 Å². The molecule has 2 amide bonds. The standard InChI is InChI=1S/C13H15ClF3N3O3/c1-7(2)20-10(21)5-18-11(22)8-3-9(14)12(19-4-8)23-6-13(15,16)17/h3-4,7H,5-6H2,1-2H3,(H,18,22)(H,20,21). The molecule has 0 spiro atoms. The Labute approximate surface area is 135 Å². The van der Waals surface area contributed by atoms with Gasteiger partial charge in [-0.15, -0.1) is 0 Å². The van der Waals surface area contributed by atoms with E-state index >= 15 is 0 Å². The average molecular weight is 354 g/mol. The number of rotatable bonds is 6. The third-order valence-corrected chi connectivity index (χ3v) is 2.57. The molecule has 0 fully saturated rings. The number of amides is 2. The fraction of sp³-hybridized carbons (Fsp3) is 0.462. The fourth-order valence-electron chi connectivity index (χ4n) is 1.44. The van der Waals surface area contributed by atoms with Crippen LogP contribution in [0.1, 0.15) is 24.2 Å².